The molecule has 1 amide bonds. The Morgan fingerprint density at radius 1 is 1.31 bits per heavy atom. The van der Waals surface area contributed by atoms with Crippen LogP contribution in [0.25, 0.3) is 0 Å². The molecule has 0 bridgehead atoms. The van der Waals surface area contributed by atoms with Crippen molar-refractivity contribution < 1.29 is 19.1 Å². The van der Waals surface area contributed by atoms with E-state index in [-0.39, 0.29) is 11.9 Å². The fourth-order valence-electron chi connectivity index (χ4n) is 2.45. The Balaban J connectivity index is 2.07. The molecular weight excluding hydrogens is 231 g/mol. The maximum absolute atomic E-state index is 12.0. The molecule has 0 aliphatic carbocycles. The standard InChI is InChI=1S/C9H17N2O4P/c12-9(7-3-1-5-10-7)11-6-2-4-8(11)16(13,14)15/h7-8,10H,1-6H2,(H2,13,14,15). The monoisotopic (exact) mass is 248 g/mol. The van der Waals surface area contributed by atoms with Gasteiger partial charge in [0.15, 0.2) is 0 Å². The highest BCUT2D eigenvalue weighted by Gasteiger charge is 2.42. The van der Waals surface area contributed by atoms with E-state index in [0.717, 1.165) is 19.4 Å². The highest BCUT2D eigenvalue weighted by molar-refractivity contribution is 7.52. The summed E-state index contributed by atoms with van der Waals surface area (Å²) in [6.07, 6.45) is 2.80. The molecule has 0 radical (unpaired) electrons. The molecule has 2 unspecified atom stereocenters. The largest absolute Gasteiger partial charge is 0.347 e. The summed E-state index contributed by atoms with van der Waals surface area (Å²) < 4.78 is 11.2. The van der Waals surface area contributed by atoms with Crippen molar-refractivity contribution in [1.29, 1.82) is 0 Å². The van der Waals surface area contributed by atoms with E-state index >= 15 is 0 Å². The SMILES string of the molecule is O=C(C1CCCN1)N1CCCC1P(=O)(O)O. The first-order chi connectivity index (χ1) is 7.50. The van der Waals surface area contributed by atoms with E-state index in [1.54, 1.807) is 0 Å². The van der Waals surface area contributed by atoms with Crippen molar-refractivity contribution in [2.75, 3.05) is 13.1 Å². The molecule has 2 rings (SSSR count). The number of hydrogen-bond acceptors (Lipinski definition) is 3. The van der Waals surface area contributed by atoms with E-state index in [0.29, 0.717) is 19.4 Å². The normalized spacial score (nSPS) is 31.0. The van der Waals surface area contributed by atoms with Gasteiger partial charge in [-0.15, -0.1) is 0 Å². The molecule has 0 aromatic heterocycles. The molecule has 0 aromatic rings. The zero-order valence-electron chi connectivity index (χ0n) is 9.00. The summed E-state index contributed by atoms with van der Waals surface area (Å²) in [4.78, 5) is 31.7. The Bertz CT molecular complexity index is 323. The summed E-state index contributed by atoms with van der Waals surface area (Å²) in [6, 6.07) is -0.243. The van der Waals surface area contributed by atoms with Crippen LogP contribution in [-0.4, -0.2) is 45.5 Å². The lowest BCUT2D eigenvalue weighted by Gasteiger charge is -2.27. The van der Waals surface area contributed by atoms with Gasteiger partial charge in [-0.3, -0.25) is 9.36 Å². The topological polar surface area (TPSA) is 89.9 Å². The van der Waals surface area contributed by atoms with Crippen LogP contribution in [0.2, 0.25) is 0 Å². The van der Waals surface area contributed by atoms with Crippen molar-refractivity contribution >= 4 is 13.5 Å². The number of carbonyl (C=O) groups excluding carboxylic acids is 1. The molecular formula is C9H17N2O4P. The summed E-state index contributed by atoms with van der Waals surface area (Å²) in [7, 11) is -4.19. The minimum absolute atomic E-state index is 0.150. The summed E-state index contributed by atoms with van der Waals surface area (Å²) in [5.41, 5.74) is 0. The molecule has 2 atom stereocenters. The van der Waals surface area contributed by atoms with Crippen LogP contribution >= 0.6 is 7.60 Å². The van der Waals surface area contributed by atoms with Gasteiger partial charge in [-0.2, -0.15) is 0 Å². The predicted molar refractivity (Wildman–Crippen MR) is 57.8 cm³/mol. The Labute approximate surface area is 94.2 Å². The fraction of sp³-hybridized carbons (Fsp3) is 0.889. The van der Waals surface area contributed by atoms with E-state index in [4.69, 9.17) is 0 Å². The molecule has 2 fully saturated rings. The van der Waals surface area contributed by atoms with E-state index in [9.17, 15) is 19.1 Å². The van der Waals surface area contributed by atoms with Gasteiger partial charge in [0.05, 0.1) is 6.04 Å². The molecule has 92 valence electrons. The molecule has 2 aliphatic heterocycles. The van der Waals surface area contributed by atoms with E-state index < -0.39 is 13.4 Å². The number of carbonyl (C=O) groups is 1. The van der Waals surface area contributed by atoms with Gasteiger partial charge in [-0.25, -0.2) is 0 Å². The third-order valence-corrected chi connectivity index (χ3v) is 4.56. The Kier molecular flexibility index (Phi) is 3.35. The van der Waals surface area contributed by atoms with Crippen LogP contribution in [0, 0.1) is 0 Å². The molecule has 2 saturated heterocycles. The first kappa shape index (κ1) is 12.0. The number of nitrogens with one attached hydrogen (secondary N) is 1. The highest BCUT2D eigenvalue weighted by Crippen LogP contribution is 2.48. The van der Waals surface area contributed by atoms with E-state index in [1.807, 2.05) is 0 Å². The van der Waals surface area contributed by atoms with Crippen molar-refractivity contribution in [3.8, 4) is 0 Å². The van der Waals surface area contributed by atoms with E-state index in [1.165, 1.54) is 4.90 Å². The second-order valence-corrected chi connectivity index (χ2v) is 6.17. The lowest BCUT2D eigenvalue weighted by atomic mass is 10.2. The van der Waals surface area contributed by atoms with Gasteiger partial charge < -0.3 is 20.0 Å². The summed E-state index contributed by atoms with van der Waals surface area (Å²) >= 11 is 0. The average Bonchev–Trinajstić information content (AvgIpc) is 2.87. The van der Waals surface area contributed by atoms with Crippen molar-refractivity contribution in [2.45, 2.75) is 37.5 Å². The summed E-state index contributed by atoms with van der Waals surface area (Å²) in [5, 5.41) is 3.06. The number of likely N-dealkylation sites (tertiary alicyclic amines) is 1. The fourth-order valence-corrected chi connectivity index (χ4v) is 3.56. The number of nitrogens with zero attached hydrogens (tertiary/aromatic N) is 1. The van der Waals surface area contributed by atoms with Crippen LogP contribution < -0.4 is 5.32 Å². The molecule has 0 saturated carbocycles. The molecule has 2 heterocycles. The first-order valence-electron chi connectivity index (χ1n) is 5.59. The van der Waals surface area contributed by atoms with Gasteiger partial charge in [-0.05, 0) is 32.2 Å². The van der Waals surface area contributed by atoms with Gasteiger partial charge in [0.25, 0.3) is 0 Å². The summed E-state index contributed by atoms with van der Waals surface area (Å²) in [6.45, 7) is 1.28. The van der Waals surface area contributed by atoms with Crippen LogP contribution in [0.1, 0.15) is 25.7 Å². The zero-order chi connectivity index (χ0) is 11.8. The van der Waals surface area contributed by atoms with Gasteiger partial charge in [0.1, 0.15) is 5.78 Å². The van der Waals surface area contributed by atoms with Gasteiger partial charge >= 0.3 is 7.60 Å². The molecule has 6 nitrogen and oxygen atoms in total. The van der Waals surface area contributed by atoms with Gasteiger partial charge in [-0.1, -0.05) is 0 Å². The molecule has 0 aromatic carbocycles. The maximum atomic E-state index is 12.0. The van der Waals surface area contributed by atoms with Gasteiger partial charge in [0, 0.05) is 6.54 Å². The van der Waals surface area contributed by atoms with Crippen LogP contribution in [0.5, 0.6) is 0 Å². The minimum Gasteiger partial charge on any atom is -0.327 e. The highest BCUT2D eigenvalue weighted by atomic mass is 31.2. The van der Waals surface area contributed by atoms with Crippen LogP contribution in [0.3, 0.4) is 0 Å². The quantitative estimate of drug-likeness (QED) is 0.592. The van der Waals surface area contributed by atoms with Crippen molar-refractivity contribution in [3.05, 3.63) is 0 Å². The Morgan fingerprint density at radius 3 is 2.62 bits per heavy atom. The van der Waals surface area contributed by atoms with E-state index in [2.05, 4.69) is 5.32 Å². The third kappa shape index (κ3) is 2.30. The lowest BCUT2D eigenvalue weighted by molar-refractivity contribution is -0.132. The number of hydrogen-bond donors (Lipinski definition) is 3. The zero-order valence-corrected chi connectivity index (χ0v) is 9.90. The predicted octanol–water partition coefficient (Wildman–Crippen LogP) is -0.135. The van der Waals surface area contributed by atoms with Crippen LogP contribution in [0.4, 0.5) is 0 Å². The molecule has 16 heavy (non-hydrogen) atoms. The van der Waals surface area contributed by atoms with Crippen molar-refractivity contribution in [3.63, 3.8) is 0 Å². The number of rotatable bonds is 2. The lowest BCUT2D eigenvalue weighted by Crippen LogP contribution is -2.45. The van der Waals surface area contributed by atoms with Crippen molar-refractivity contribution in [2.24, 2.45) is 0 Å². The third-order valence-electron chi connectivity index (χ3n) is 3.25. The minimum atomic E-state index is -4.19. The molecule has 0 spiro atoms. The second kappa shape index (κ2) is 4.45. The van der Waals surface area contributed by atoms with Crippen LogP contribution in [-0.2, 0) is 9.36 Å². The molecule has 7 heteroatoms. The van der Waals surface area contributed by atoms with Crippen LogP contribution in [0.15, 0.2) is 0 Å². The number of amides is 1. The maximum Gasteiger partial charge on any atom is 0.347 e. The summed E-state index contributed by atoms with van der Waals surface area (Å²) in [5.74, 6) is -1.05. The molecule has 3 N–H and O–H groups in total. The Morgan fingerprint density at radius 2 is 2.06 bits per heavy atom. The molecule has 2 aliphatic rings. The first-order valence-corrected chi connectivity index (χ1v) is 7.27. The smallest absolute Gasteiger partial charge is 0.327 e. The Hall–Kier alpha value is -0.420. The van der Waals surface area contributed by atoms with Crippen molar-refractivity contribution in [1.82, 2.24) is 10.2 Å². The second-order valence-electron chi connectivity index (χ2n) is 4.39. The van der Waals surface area contributed by atoms with Gasteiger partial charge in [0.2, 0.25) is 5.91 Å². The average molecular weight is 248 g/mol.